The second kappa shape index (κ2) is 7.92. The maximum Gasteiger partial charge on any atom is 0.337 e. The number of carbonyl (C=O) groups is 1. The van der Waals surface area contributed by atoms with Crippen molar-refractivity contribution in [3.05, 3.63) is 54.1 Å². The van der Waals surface area contributed by atoms with E-state index in [-0.39, 0.29) is 5.56 Å². The van der Waals surface area contributed by atoms with Crippen molar-refractivity contribution < 1.29 is 19.4 Å². The van der Waals surface area contributed by atoms with Crippen LogP contribution in [0.2, 0.25) is 0 Å². The second-order valence-corrected chi connectivity index (χ2v) is 6.76. The molecular formula is C21H22N3O4+. The van der Waals surface area contributed by atoms with E-state index in [0.29, 0.717) is 23.5 Å². The summed E-state index contributed by atoms with van der Waals surface area (Å²) in [6, 6.07) is 10.9. The zero-order valence-corrected chi connectivity index (χ0v) is 15.6. The van der Waals surface area contributed by atoms with Crippen LogP contribution in [0.4, 0.5) is 0 Å². The minimum atomic E-state index is -0.984. The van der Waals surface area contributed by atoms with Crippen molar-refractivity contribution in [2.24, 2.45) is 0 Å². The Hall–Kier alpha value is -3.03. The summed E-state index contributed by atoms with van der Waals surface area (Å²) in [4.78, 5) is 21.4. The molecule has 2 heterocycles. The number of imidazole rings is 1. The number of aromatic nitrogens is 2. The summed E-state index contributed by atoms with van der Waals surface area (Å²) in [5.41, 5.74) is 3.29. The first kappa shape index (κ1) is 18.3. The highest BCUT2D eigenvalue weighted by atomic mass is 16.5. The summed E-state index contributed by atoms with van der Waals surface area (Å²) in [6.45, 7) is 7.75. The van der Waals surface area contributed by atoms with Crippen LogP contribution in [-0.4, -0.2) is 58.8 Å². The van der Waals surface area contributed by atoms with Gasteiger partial charge in [-0.1, -0.05) is 6.07 Å². The number of benzene rings is 2. The van der Waals surface area contributed by atoms with Gasteiger partial charge in [-0.15, -0.1) is 0 Å². The topological polar surface area (TPSA) is 87.7 Å². The molecule has 0 amide bonds. The molecule has 0 atom stereocenters. The van der Waals surface area contributed by atoms with Crippen molar-refractivity contribution in [1.29, 1.82) is 0 Å². The molecule has 3 aromatic rings. The fourth-order valence-electron chi connectivity index (χ4n) is 3.33. The number of aromatic carboxylic acids is 1. The van der Waals surface area contributed by atoms with E-state index in [9.17, 15) is 9.90 Å². The Morgan fingerprint density at radius 2 is 2.29 bits per heavy atom. The molecule has 1 fully saturated rings. The molecule has 1 aliphatic heterocycles. The van der Waals surface area contributed by atoms with Gasteiger partial charge in [-0.05, 0) is 42.8 Å². The number of para-hydroxylation sites is 1. The molecule has 1 saturated heterocycles. The number of carboxylic acid groups (broad SMARTS) is 1. The van der Waals surface area contributed by atoms with E-state index >= 15 is 0 Å². The average Bonchev–Trinajstić information content (AvgIpc) is 3.12. The number of aromatic amines is 1. The average molecular weight is 380 g/mol. The molecule has 7 nitrogen and oxygen atoms in total. The van der Waals surface area contributed by atoms with Crippen LogP contribution < -0.4 is 4.74 Å². The van der Waals surface area contributed by atoms with Gasteiger partial charge in [0.2, 0.25) is 6.61 Å². The first-order chi connectivity index (χ1) is 13.6. The number of hydrogen-bond donors (Lipinski definition) is 2. The van der Waals surface area contributed by atoms with Gasteiger partial charge in [0, 0.05) is 18.7 Å². The first-order valence-electron chi connectivity index (χ1n) is 9.23. The number of fused-ring (bicyclic) bond motifs is 1. The minimum Gasteiger partial charge on any atom is -0.492 e. The number of ether oxygens (including phenoxy) is 2. The van der Waals surface area contributed by atoms with E-state index in [4.69, 9.17) is 9.47 Å². The van der Waals surface area contributed by atoms with Crippen molar-refractivity contribution in [3.63, 3.8) is 0 Å². The summed E-state index contributed by atoms with van der Waals surface area (Å²) >= 11 is 0. The van der Waals surface area contributed by atoms with Crippen LogP contribution in [0, 0.1) is 13.5 Å². The molecule has 2 N–H and O–H groups in total. The smallest absolute Gasteiger partial charge is 0.337 e. The normalized spacial score (nSPS) is 14.8. The lowest BCUT2D eigenvalue weighted by Crippen LogP contribution is -2.36. The second-order valence-electron chi connectivity index (χ2n) is 6.76. The van der Waals surface area contributed by atoms with Crippen LogP contribution in [0.3, 0.4) is 0 Å². The Balaban J connectivity index is 1.49. The number of hydrogen-bond acceptors (Lipinski definition) is 5. The third-order valence-electron chi connectivity index (χ3n) is 4.85. The molecule has 0 saturated carbocycles. The minimum absolute atomic E-state index is 0.193. The highest BCUT2D eigenvalue weighted by molar-refractivity contribution is 6.01. The third-order valence-corrected chi connectivity index (χ3v) is 4.85. The molecule has 4 rings (SSSR count). The van der Waals surface area contributed by atoms with Gasteiger partial charge in [-0.3, -0.25) is 4.90 Å². The van der Waals surface area contributed by atoms with Gasteiger partial charge in [0.1, 0.15) is 30.3 Å². The van der Waals surface area contributed by atoms with E-state index in [1.165, 1.54) is 0 Å². The van der Waals surface area contributed by atoms with Crippen molar-refractivity contribution in [2.75, 3.05) is 32.8 Å². The standard InChI is InChI=1S/C21H21N3O4/c1-14-13-15(28-12-9-24-7-10-27-11-8-24)5-6-16(14)20-22-18-4-2-3-17(21(25)26)19(18)23-20/h2-6,10,13H,7-9,11-12H2,1H3,(H-,22,23,25,26)/p+1. The van der Waals surface area contributed by atoms with Crippen LogP contribution in [0.25, 0.3) is 22.4 Å². The van der Waals surface area contributed by atoms with Crippen molar-refractivity contribution >= 4 is 17.0 Å². The van der Waals surface area contributed by atoms with E-state index in [2.05, 4.69) is 14.9 Å². The molecule has 0 radical (unpaired) electrons. The Morgan fingerprint density at radius 3 is 3.04 bits per heavy atom. The van der Waals surface area contributed by atoms with Crippen LogP contribution >= 0.6 is 0 Å². The van der Waals surface area contributed by atoms with Gasteiger partial charge < -0.3 is 14.8 Å². The van der Waals surface area contributed by atoms with E-state index in [1.807, 2.05) is 37.8 Å². The summed E-state index contributed by atoms with van der Waals surface area (Å²) in [5, 5.41) is 9.35. The fraction of sp³-hybridized carbons (Fsp3) is 0.286. The molecule has 144 valence electrons. The number of H-pyrrole nitrogens is 1. The van der Waals surface area contributed by atoms with Crippen LogP contribution in [0.1, 0.15) is 15.9 Å². The van der Waals surface area contributed by atoms with Crippen molar-refractivity contribution in [3.8, 4) is 17.1 Å². The maximum absolute atomic E-state index is 11.4. The molecule has 1 aliphatic rings. The molecule has 0 spiro atoms. The van der Waals surface area contributed by atoms with E-state index in [0.717, 1.165) is 43.1 Å². The number of nitrogens with zero attached hydrogens (tertiary/aromatic N) is 2. The number of nitrogens with one attached hydrogen (secondary N) is 1. The van der Waals surface area contributed by atoms with Gasteiger partial charge in [-0.2, -0.15) is 4.74 Å². The van der Waals surface area contributed by atoms with E-state index < -0.39 is 5.97 Å². The lowest BCUT2D eigenvalue weighted by atomic mass is 10.1. The summed E-state index contributed by atoms with van der Waals surface area (Å²) in [7, 11) is 0. The molecule has 28 heavy (non-hydrogen) atoms. The van der Waals surface area contributed by atoms with E-state index in [1.54, 1.807) is 12.1 Å². The largest absolute Gasteiger partial charge is 0.492 e. The van der Waals surface area contributed by atoms with Gasteiger partial charge >= 0.3 is 5.97 Å². The zero-order chi connectivity index (χ0) is 19.5. The molecule has 1 aromatic heterocycles. The molecule has 0 unspecified atom stereocenters. The lowest BCUT2D eigenvalue weighted by molar-refractivity contribution is 0.0698. The monoisotopic (exact) mass is 380 g/mol. The predicted molar refractivity (Wildman–Crippen MR) is 105 cm³/mol. The van der Waals surface area contributed by atoms with Gasteiger partial charge in [0.05, 0.1) is 11.1 Å². The summed E-state index contributed by atoms with van der Waals surface area (Å²) in [5.74, 6) is 0.472. The highest BCUT2D eigenvalue weighted by Crippen LogP contribution is 2.28. The number of aryl methyl sites for hydroxylation is 1. The van der Waals surface area contributed by atoms with Gasteiger partial charge in [-0.25, -0.2) is 9.78 Å². The SMILES string of the molecule is Cc1cc(OCCN2C[CH+]OCC2)ccc1-c1nc2c(C(=O)O)cccc2[nH]1. The third kappa shape index (κ3) is 3.81. The number of carboxylic acids is 1. The summed E-state index contributed by atoms with van der Waals surface area (Å²) in [6.07, 6.45) is 0. The van der Waals surface area contributed by atoms with Crippen LogP contribution in [0.15, 0.2) is 36.4 Å². The molecule has 0 bridgehead atoms. The summed E-state index contributed by atoms with van der Waals surface area (Å²) < 4.78 is 11.1. The van der Waals surface area contributed by atoms with Crippen molar-refractivity contribution in [2.45, 2.75) is 6.92 Å². The van der Waals surface area contributed by atoms with Crippen LogP contribution in [-0.2, 0) is 4.74 Å². The molecule has 2 aromatic carbocycles. The molecular weight excluding hydrogens is 358 g/mol. The fourth-order valence-corrected chi connectivity index (χ4v) is 3.33. The Bertz CT molecular complexity index is 992. The van der Waals surface area contributed by atoms with Gasteiger partial charge in [0.25, 0.3) is 0 Å². The highest BCUT2D eigenvalue weighted by Gasteiger charge is 2.17. The Morgan fingerprint density at radius 1 is 1.39 bits per heavy atom. The number of rotatable bonds is 6. The zero-order valence-electron chi connectivity index (χ0n) is 15.6. The van der Waals surface area contributed by atoms with Crippen LogP contribution in [0.5, 0.6) is 5.75 Å². The number of morpholine rings is 1. The Labute approximate surface area is 162 Å². The lowest BCUT2D eigenvalue weighted by Gasteiger charge is -2.20. The predicted octanol–water partition coefficient (Wildman–Crippen LogP) is 3.11. The quantitative estimate of drug-likeness (QED) is 0.639. The first-order valence-corrected chi connectivity index (χ1v) is 9.23. The molecule has 7 heteroatoms. The Kier molecular flexibility index (Phi) is 5.18. The maximum atomic E-state index is 11.4. The van der Waals surface area contributed by atoms with Gasteiger partial charge in [0.15, 0.2) is 6.54 Å². The van der Waals surface area contributed by atoms with Crippen molar-refractivity contribution in [1.82, 2.24) is 14.9 Å². The molecule has 0 aliphatic carbocycles.